The Balaban J connectivity index is 1.59. The average molecular weight is 459 g/mol. The highest BCUT2D eigenvalue weighted by atomic mass is 19.1. The summed E-state index contributed by atoms with van der Waals surface area (Å²) in [7, 11) is 0. The van der Waals surface area contributed by atoms with E-state index in [4.69, 9.17) is 5.84 Å². The van der Waals surface area contributed by atoms with E-state index in [0.717, 1.165) is 51.7 Å². The van der Waals surface area contributed by atoms with E-state index in [1.807, 2.05) is 0 Å². The van der Waals surface area contributed by atoms with Crippen molar-refractivity contribution in [3.63, 3.8) is 0 Å². The van der Waals surface area contributed by atoms with Gasteiger partial charge in [0, 0.05) is 24.7 Å². The fourth-order valence-electron chi connectivity index (χ4n) is 4.89. The second-order valence-corrected chi connectivity index (χ2v) is 8.89. The quantitative estimate of drug-likeness (QED) is 0.311. The van der Waals surface area contributed by atoms with Crippen molar-refractivity contribution in [1.82, 2.24) is 25.0 Å². The number of likely N-dealkylation sites (tertiary alicyclic amines) is 1. The van der Waals surface area contributed by atoms with E-state index in [2.05, 4.69) is 32.1 Å². The molecule has 1 aliphatic heterocycles. The number of aromatic hydroxyl groups is 1. The summed E-state index contributed by atoms with van der Waals surface area (Å²) in [5.41, 5.74) is 0.446. The van der Waals surface area contributed by atoms with Gasteiger partial charge in [-0.25, -0.2) is 20.2 Å². The summed E-state index contributed by atoms with van der Waals surface area (Å²) in [4.78, 5) is 15.7. The van der Waals surface area contributed by atoms with E-state index in [-0.39, 0.29) is 6.04 Å². The van der Waals surface area contributed by atoms with Gasteiger partial charge < -0.3 is 10.4 Å². The molecule has 4 rings (SSSR count). The Morgan fingerprint density at radius 3 is 2.67 bits per heavy atom. The Bertz CT molecular complexity index is 908. The molecule has 1 aromatic heterocycles. The number of halogens is 1. The smallest absolute Gasteiger partial charge is 0.250 e. The van der Waals surface area contributed by atoms with Gasteiger partial charge in [0.15, 0.2) is 11.6 Å². The first-order valence-electron chi connectivity index (χ1n) is 12.1. The lowest BCUT2D eigenvalue weighted by Gasteiger charge is -2.36. The van der Waals surface area contributed by atoms with Crippen LogP contribution in [-0.2, 0) is 0 Å². The van der Waals surface area contributed by atoms with Crippen molar-refractivity contribution in [1.29, 1.82) is 0 Å². The van der Waals surface area contributed by atoms with Crippen molar-refractivity contribution in [2.45, 2.75) is 70.4 Å². The number of hydrazine groups is 2. The van der Waals surface area contributed by atoms with Crippen molar-refractivity contribution in [2.75, 3.05) is 30.0 Å². The minimum atomic E-state index is -0.722. The van der Waals surface area contributed by atoms with Gasteiger partial charge in [-0.2, -0.15) is 9.97 Å². The monoisotopic (exact) mass is 458 g/mol. The number of nitrogens with two attached hydrogens (primary N) is 1. The van der Waals surface area contributed by atoms with Crippen LogP contribution in [0.4, 0.5) is 22.0 Å². The second kappa shape index (κ2) is 11.0. The minimum Gasteiger partial charge on any atom is -0.505 e. The Hall–Kier alpha value is -2.56. The molecule has 1 saturated heterocycles. The summed E-state index contributed by atoms with van der Waals surface area (Å²) in [6.07, 6.45) is 10.2. The predicted molar refractivity (Wildman–Crippen MR) is 126 cm³/mol. The first-order chi connectivity index (χ1) is 16.1. The van der Waals surface area contributed by atoms with Crippen LogP contribution in [0.25, 0.3) is 0 Å². The predicted octanol–water partition coefficient (Wildman–Crippen LogP) is 3.56. The maximum absolute atomic E-state index is 14.3. The zero-order valence-corrected chi connectivity index (χ0v) is 19.3. The molecule has 0 bridgehead atoms. The van der Waals surface area contributed by atoms with Crippen molar-refractivity contribution < 1.29 is 9.50 Å². The number of aromatic nitrogens is 3. The van der Waals surface area contributed by atoms with Crippen molar-refractivity contribution in [2.24, 2.45) is 5.84 Å². The number of benzene rings is 1. The van der Waals surface area contributed by atoms with Gasteiger partial charge >= 0.3 is 0 Å². The average Bonchev–Trinajstić information content (AvgIpc) is 3.11. The largest absolute Gasteiger partial charge is 0.505 e. The zero-order valence-electron chi connectivity index (χ0n) is 19.3. The molecule has 180 valence electrons. The van der Waals surface area contributed by atoms with Gasteiger partial charge in [0.1, 0.15) is 6.33 Å². The molecule has 1 unspecified atom stereocenters. The molecule has 9 nitrogen and oxygen atoms in total. The van der Waals surface area contributed by atoms with Gasteiger partial charge in [0.05, 0.1) is 5.69 Å². The van der Waals surface area contributed by atoms with E-state index in [9.17, 15) is 9.50 Å². The van der Waals surface area contributed by atoms with E-state index in [1.165, 1.54) is 37.7 Å². The molecule has 1 aromatic carbocycles. The maximum Gasteiger partial charge on any atom is 0.250 e. The van der Waals surface area contributed by atoms with Crippen molar-refractivity contribution in [3.05, 3.63) is 30.3 Å². The SMILES string of the molecule is CCN1CCCC1CNc1ncnc(N(c2ccc(O)c(F)c2)N(N)C2CCCCCC2)n1. The molecule has 1 aliphatic carbocycles. The molecular formula is C23H35FN8O. The lowest BCUT2D eigenvalue weighted by molar-refractivity contribution is 0.181. The van der Waals surface area contributed by atoms with Crippen LogP contribution in [0.5, 0.6) is 5.75 Å². The molecule has 2 heterocycles. The summed E-state index contributed by atoms with van der Waals surface area (Å²) in [6, 6.07) is 4.71. The maximum atomic E-state index is 14.3. The van der Waals surface area contributed by atoms with Gasteiger partial charge in [-0.3, -0.25) is 4.90 Å². The van der Waals surface area contributed by atoms with Gasteiger partial charge in [0.2, 0.25) is 5.95 Å². The first-order valence-corrected chi connectivity index (χ1v) is 12.1. The van der Waals surface area contributed by atoms with E-state index in [1.54, 1.807) is 16.2 Å². The molecular weight excluding hydrogens is 423 g/mol. The number of likely N-dealkylation sites (N-methyl/N-ethyl adjacent to an activating group) is 1. The number of hydrogen-bond donors (Lipinski definition) is 3. The highest BCUT2D eigenvalue weighted by Gasteiger charge is 2.28. The van der Waals surface area contributed by atoms with Gasteiger partial charge in [-0.05, 0) is 50.9 Å². The summed E-state index contributed by atoms with van der Waals surface area (Å²) in [5, 5.41) is 16.3. The van der Waals surface area contributed by atoms with Gasteiger partial charge in [0.25, 0.3) is 5.95 Å². The van der Waals surface area contributed by atoms with Crippen molar-refractivity contribution in [3.8, 4) is 5.75 Å². The van der Waals surface area contributed by atoms with Crippen LogP contribution in [0.3, 0.4) is 0 Å². The molecule has 33 heavy (non-hydrogen) atoms. The van der Waals surface area contributed by atoms with Gasteiger partial charge in [-0.1, -0.05) is 32.6 Å². The topological polar surface area (TPSA) is 107 Å². The summed E-state index contributed by atoms with van der Waals surface area (Å²) in [6.45, 7) is 5.07. The number of phenolic OH excluding ortho intramolecular Hbond substituents is 1. The number of nitrogens with zero attached hydrogens (tertiary/aromatic N) is 6. The molecule has 0 spiro atoms. The number of phenols is 1. The van der Waals surface area contributed by atoms with Crippen molar-refractivity contribution >= 4 is 17.6 Å². The molecule has 4 N–H and O–H groups in total. The van der Waals surface area contributed by atoms with Crippen LogP contribution in [0.2, 0.25) is 0 Å². The van der Waals surface area contributed by atoms with Crippen LogP contribution >= 0.6 is 0 Å². The van der Waals surface area contributed by atoms with E-state index < -0.39 is 11.6 Å². The highest BCUT2D eigenvalue weighted by Crippen LogP contribution is 2.31. The summed E-state index contributed by atoms with van der Waals surface area (Å²) in [5.74, 6) is 6.26. The molecule has 1 saturated carbocycles. The number of anilines is 3. The number of hydrogen-bond acceptors (Lipinski definition) is 9. The summed E-state index contributed by atoms with van der Waals surface area (Å²) >= 11 is 0. The van der Waals surface area contributed by atoms with Crippen LogP contribution in [0.15, 0.2) is 24.5 Å². The third kappa shape index (κ3) is 5.69. The third-order valence-corrected chi connectivity index (χ3v) is 6.76. The number of nitrogens with one attached hydrogen (secondary N) is 1. The van der Waals surface area contributed by atoms with Gasteiger partial charge in [-0.15, -0.1) is 5.12 Å². The second-order valence-electron chi connectivity index (χ2n) is 8.89. The number of rotatable bonds is 8. The molecule has 1 atom stereocenters. The lowest BCUT2D eigenvalue weighted by atomic mass is 10.1. The standard InChI is InChI=1S/C23H35FN8O/c1-2-30-13-7-10-19(30)15-26-22-27-16-28-23(29-22)31(18-11-12-21(33)20(24)14-18)32(25)17-8-5-3-4-6-9-17/h11-12,14,16-17,19,33H,2-10,13,15,25H2,1H3,(H,26,27,28,29). The minimum absolute atomic E-state index is 0.0779. The Morgan fingerprint density at radius 2 is 1.94 bits per heavy atom. The Kier molecular flexibility index (Phi) is 7.89. The molecule has 2 fully saturated rings. The molecule has 0 amide bonds. The van der Waals surface area contributed by atoms with Crippen LogP contribution in [-0.4, -0.2) is 61.8 Å². The molecule has 2 aromatic rings. The molecule has 10 heteroatoms. The van der Waals surface area contributed by atoms with Crippen LogP contribution < -0.4 is 16.2 Å². The highest BCUT2D eigenvalue weighted by molar-refractivity contribution is 5.58. The molecule has 2 aliphatic rings. The fourth-order valence-corrected chi connectivity index (χ4v) is 4.89. The van der Waals surface area contributed by atoms with Crippen LogP contribution in [0, 0.1) is 5.82 Å². The first kappa shape index (κ1) is 23.6. The summed E-state index contributed by atoms with van der Waals surface area (Å²) < 4.78 is 14.3. The van der Waals surface area contributed by atoms with E-state index >= 15 is 0 Å². The third-order valence-electron chi connectivity index (χ3n) is 6.76. The Labute approximate surface area is 194 Å². The zero-order chi connectivity index (χ0) is 23.2. The normalized spacial score (nSPS) is 20.2. The Morgan fingerprint density at radius 1 is 1.15 bits per heavy atom. The lowest BCUT2D eigenvalue weighted by Crippen LogP contribution is -2.52. The van der Waals surface area contributed by atoms with Crippen LogP contribution in [0.1, 0.15) is 58.3 Å². The fraction of sp³-hybridized carbons (Fsp3) is 0.609. The van der Waals surface area contributed by atoms with E-state index in [0.29, 0.717) is 23.6 Å². The molecule has 0 radical (unpaired) electrons.